The zero-order chi connectivity index (χ0) is 16.1. The van der Waals surface area contributed by atoms with Crippen molar-refractivity contribution < 1.29 is 0 Å². The lowest BCUT2D eigenvalue weighted by Gasteiger charge is -2.37. The smallest absolute Gasteiger partial charge is 0.0354 e. The van der Waals surface area contributed by atoms with Crippen molar-refractivity contribution in [3.05, 3.63) is 0 Å². The van der Waals surface area contributed by atoms with Crippen molar-refractivity contribution >= 4 is 0 Å². The molecule has 0 saturated heterocycles. The Labute approximate surface area is 130 Å². The zero-order valence-electron chi connectivity index (χ0n) is 16.1. The first-order chi connectivity index (χ1) is 8.93. The maximum absolute atomic E-state index is 2.48. The lowest BCUT2D eigenvalue weighted by atomic mass is 9.69. The first kappa shape index (κ1) is 20.0. The molecule has 0 amide bonds. The lowest BCUT2D eigenvalue weighted by molar-refractivity contribution is 0.136. The molecule has 0 fully saturated rings. The molecule has 0 aliphatic heterocycles. The Kier molecular flexibility index (Phi) is 7.85. The number of hydrogen-bond donors (Lipinski definition) is 0. The average Bonchev–Trinajstić information content (AvgIpc) is 2.28. The quantitative estimate of drug-likeness (QED) is 0.464. The lowest BCUT2D eigenvalue weighted by Crippen LogP contribution is -2.27. The van der Waals surface area contributed by atoms with Crippen molar-refractivity contribution in [3.8, 4) is 0 Å². The van der Waals surface area contributed by atoms with Gasteiger partial charge in [0, 0.05) is 0 Å². The third-order valence-corrected chi connectivity index (χ3v) is 5.72. The monoisotopic (exact) mass is 282 g/mol. The van der Waals surface area contributed by atoms with Crippen molar-refractivity contribution in [1.29, 1.82) is 0 Å². The molecule has 4 atom stereocenters. The maximum Gasteiger partial charge on any atom is -0.0354 e. The van der Waals surface area contributed by atoms with E-state index in [-0.39, 0.29) is 0 Å². The molecule has 0 aromatic carbocycles. The molecule has 0 nitrogen and oxygen atoms in total. The minimum atomic E-state index is 0.455. The molecule has 0 aromatic rings. The van der Waals surface area contributed by atoms with Gasteiger partial charge in [-0.25, -0.2) is 0 Å². The predicted molar refractivity (Wildman–Crippen MR) is 94.0 cm³/mol. The van der Waals surface area contributed by atoms with Crippen LogP contribution in [-0.4, -0.2) is 0 Å². The summed E-state index contributed by atoms with van der Waals surface area (Å²) in [6, 6.07) is 0. The minimum Gasteiger partial charge on any atom is -0.0651 e. The molecule has 0 saturated carbocycles. The van der Waals surface area contributed by atoms with Crippen LogP contribution in [0.5, 0.6) is 0 Å². The normalized spacial score (nSPS) is 19.5. The summed E-state index contributed by atoms with van der Waals surface area (Å²) in [5.41, 5.74) is 0.911. The van der Waals surface area contributed by atoms with Crippen LogP contribution in [0.25, 0.3) is 0 Å². The fourth-order valence-electron chi connectivity index (χ4n) is 3.63. The van der Waals surface area contributed by atoms with E-state index in [4.69, 9.17) is 0 Å². The summed E-state index contributed by atoms with van der Waals surface area (Å²) in [6.45, 7) is 24.1. The molecule has 0 N–H and O–H groups in total. The van der Waals surface area contributed by atoms with Gasteiger partial charge in [0.25, 0.3) is 0 Å². The highest BCUT2D eigenvalue weighted by molar-refractivity contribution is 4.80. The summed E-state index contributed by atoms with van der Waals surface area (Å²) in [4.78, 5) is 0. The van der Waals surface area contributed by atoms with Gasteiger partial charge in [0.1, 0.15) is 0 Å². The van der Waals surface area contributed by atoms with E-state index in [9.17, 15) is 0 Å². The molecule has 0 aromatic heterocycles. The summed E-state index contributed by atoms with van der Waals surface area (Å²) >= 11 is 0. The van der Waals surface area contributed by atoms with Crippen LogP contribution in [0.1, 0.15) is 94.9 Å². The third-order valence-electron chi connectivity index (χ3n) is 5.72. The molecule has 0 heterocycles. The summed E-state index contributed by atoms with van der Waals surface area (Å²) < 4.78 is 0. The molecule has 122 valence electrons. The van der Waals surface area contributed by atoms with E-state index in [1.54, 1.807) is 0 Å². The fourth-order valence-corrected chi connectivity index (χ4v) is 3.63. The Hall–Kier alpha value is 0. The fraction of sp³-hybridized carbons (Fsp3) is 1.00. The van der Waals surface area contributed by atoms with Gasteiger partial charge in [-0.1, -0.05) is 82.1 Å². The average molecular weight is 283 g/mol. The summed E-state index contributed by atoms with van der Waals surface area (Å²) in [5, 5.41) is 0. The van der Waals surface area contributed by atoms with Gasteiger partial charge in [-0.2, -0.15) is 0 Å². The third kappa shape index (κ3) is 6.64. The SMILES string of the molecule is CCC(CC(C)C(C)CC(CC)C(C)(C)C)C(C)(C)C. The Bertz CT molecular complexity index is 222. The second-order valence-corrected chi connectivity index (χ2v) is 9.37. The van der Waals surface area contributed by atoms with Gasteiger partial charge in [0.2, 0.25) is 0 Å². The summed E-state index contributed by atoms with van der Waals surface area (Å²) in [7, 11) is 0. The maximum atomic E-state index is 2.48. The Morgan fingerprint density at radius 1 is 0.600 bits per heavy atom. The Morgan fingerprint density at radius 3 is 1.00 bits per heavy atom. The molecule has 0 spiro atoms. The molecular formula is C20H42. The van der Waals surface area contributed by atoms with Crippen LogP contribution in [0.15, 0.2) is 0 Å². The van der Waals surface area contributed by atoms with Crippen LogP contribution in [0.4, 0.5) is 0 Å². The molecule has 0 bridgehead atoms. The van der Waals surface area contributed by atoms with Crippen LogP contribution in [-0.2, 0) is 0 Å². The number of hydrogen-bond acceptors (Lipinski definition) is 0. The number of rotatable bonds is 7. The van der Waals surface area contributed by atoms with Crippen LogP contribution >= 0.6 is 0 Å². The standard InChI is InChI=1S/C20H42/c1-11-17(19(5,6)7)13-15(3)16(4)14-18(12-2)20(8,9)10/h15-18H,11-14H2,1-10H3. The predicted octanol–water partition coefficient (Wildman–Crippen LogP) is 7.18. The van der Waals surface area contributed by atoms with E-state index in [1.807, 2.05) is 0 Å². The highest BCUT2D eigenvalue weighted by Gasteiger charge is 2.29. The zero-order valence-corrected chi connectivity index (χ0v) is 16.1. The van der Waals surface area contributed by atoms with E-state index < -0.39 is 0 Å². The Morgan fingerprint density at radius 2 is 0.850 bits per heavy atom. The van der Waals surface area contributed by atoms with E-state index in [0.717, 1.165) is 23.7 Å². The highest BCUT2D eigenvalue weighted by Crippen LogP contribution is 2.39. The van der Waals surface area contributed by atoms with Gasteiger partial charge in [0.15, 0.2) is 0 Å². The largest absolute Gasteiger partial charge is 0.0651 e. The molecule has 0 heteroatoms. The second kappa shape index (κ2) is 7.85. The highest BCUT2D eigenvalue weighted by atomic mass is 14.3. The van der Waals surface area contributed by atoms with Gasteiger partial charge in [-0.3, -0.25) is 0 Å². The van der Waals surface area contributed by atoms with E-state index in [1.165, 1.54) is 25.7 Å². The molecule has 0 radical (unpaired) electrons. The minimum absolute atomic E-state index is 0.455. The van der Waals surface area contributed by atoms with Gasteiger partial charge in [-0.15, -0.1) is 0 Å². The molecule has 4 unspecified atom stereocenters. The first-order valence-electron chi connectivity index (χ1n) is 8.93. The van der Waals surface area contributed by atoms with Crippen LogP contribution in [0.2, 0.25) is 0 Å². The van der Waals surface area contributed by atoms with Gasteiger partial charge < -0.3 is 0 Å². The van der Waals surface area contributed by atoms with Gasteiger partial charge in [-0.05, 0) is 47.3 Å². The van der Waals surface area contributed by atoms with Crippen molar-refractivity contribution in [2.75, 3.05) is 0 Å². The molecule has 0 rings (SSSR count). The van der Waals surface area contributed by atoms with E-state index >= 15 is 0 Å². The van der Waals surface area contributed by atoms with Crippen molar-refractivity contribution in [2.24, 2.45) is 34.5 Å². The van der Waals surface area contributed by atoms with Gasteiger partial charge in [0.05, 0.1) is 0 Å². The van der Waals surface area contributed by atoms with E-state index in [2.05, 4.69) is 69.2 Å². The van der Waals surface area contributed by atoms with Crippen LogP contribution in [0.3, 0.4) is 0 Å². The van der Waals surface area contributed by atoms with Crippen LogP contribution < -0.4 is 0 Å². The van der Waals surface area contributed by atoms with Crippen molar-refractivity contribution in [2.45, 2.75) is 94.9 Å². The first-order valence-corrected chi connectivity index (χ1v) is 8.93. The van der Waals surface area contributed by atoms with Crippen molar-refractivity contribution in [3.63, 3.8) is 0 Å². The summed E-state index contributed by atoms with van der Waals surface area (Å²) in [5.74, 6) is 3.40. The van der Waals surface area contributed by atoms with Gasteiger partial charge >= 0.3 is 0 Å². The topological polar surface area (TPSA) is 0 Å². The molecule has 0 aliphatic rings. The molecule has 0 aliphatic carbocycles. The summed E-state index contributed by atoms with van der Waals surface area (Å²) in [6.07, 6.45) is 5.41. The molecule has 20 heavy (non-hydrogen) atoms. The van der Waals surface area contributed by atoms with Crippen molar-refractivity contribution in [1.82, 2.24) is 0 Å². The Balaban J connectivity index is 4.58. The molecular weight excluding hydrogens is 240 g/mol. The second-order valence-electron chi connectivity index (χ2n) is 9.37. The van der Waals surface area contributed by atoms with Crippen LogP contribution in [0, 0.1) is 34.5 Å². The van der Waals surface area contributed by atoms with E-state index in [0.29, 0.717) is 10.8 Å².